The summed E-state index contributed by atoms with van der Waals surface area (Å²) in [5.41, 5.74) is 3.18. The van der Waals surface area contributed by atoms with Gasteiger partial charge in [0.05, 0.1) is 0 Å². The van der Waals surface area contributed by atoms with Gasteiger partial charge in [0.1, 0.15) is 6.04 Å². The molecular formula is C20H23N3O2. The zero-order valence-corrected chi connectivity index (χ0v) is 14.4. The number of carbonyl (C=O) groups is 2. The SMILES string of the molecule is CCNC(=O)NC(=O)C(c1ccccc1)N1CCCc2ccccc21. The first-order chi connectivity index (χ1) is 12.2. The van der Waals surface area contributed by atoms with Gasteiger partial charge >= 0.3 is 6.03 Å². The number of carbonyl (C=O) groups excluding carboxylic acids is 2. The highest BCUT2D eigenvalue weighted by atomic mass is 16.2. The molecule has 1 heterocycles. The van der Waals surface area contributed by atoms with Gasteiger partial charge in [-0.2, -0.15) is 0 Å². The summed E-state index contributed by atoms with van der Waals surface area (Å²) >= 11 is 0. The highest BCUT2D eigenvalue weighted by Crippen LogP contribution is 2.34. The molecule has 0 bridgehead atoms. The Labute approximate surface area is 148 Å². The lowest BCUT2D eigenvalue weighted by Gasteiger charge is -2.37. The lowest BCUT2D eigenvalue weighted by molar-refractivity contribution is -0.121. The fourth-order valence-electron chi connectivity index (χ4n) is 3.32. The van der Waals surface area contributed by atoms with E-state index < -0.39 is 12.1 Å². The van der Waals surface area contributed by atoms with Crippen molar-refractivity contribution < 1.29 is 9.59 Å². The summed E-state index contributed by atoms with van der Waals surface area (Å²) in [6, 6.07) is 16.8. The predicted molar refractivity (Wildman–Crippen MR) is 98.5 cm³/mol. The molecule has 0 saturated heterocycles. The molecule has 1 atom stereocenters. The van der Waals surface area contributed by atoms with Crippen LogP contribution in [0.15, 0.2) is 54.6 Å². The fraction of sp³-hybridized carbons (Fsp3) is 0.300. The molecule has 2 aromatic rings. The number of fused-ring (bicyclic) bond motifs is 1. The molecule has 1 aliphatic heterocycles. The van der Waals surface area contributed by atoms with E-state index in [1.807, 2.05) is 55.5 Å². The summed E-state index contributed by atoms with van der Waals surface area (Å²) in [5, 5.41) is 5.09. The van der Waals surface area contributed by atoms with E-state index in [1.165, 1.54) is 5.56 Å². The van der Waals surface area contributed by atoms with Gasteiger partial charge in [-0.3, -0.25) is 10.1 Å². The summed E-state index contributed by atoms with van der Waals surface area (Å²) < 4.78 is 0. The smallest absolute Gasteiger partial charge is 0.321 e. The highest BCUT2D eigenvalue weighted by Gasteiger charge is 2.31. The van der Waals surface area contributed by atoms with Crippen LogP contribution in [0, 0.1) is 0 Å². The van der Waals surface area contributed by atoms with Crippen molar-refractivity contribution in [3.63, 3.8) is 0 Å². The molecule has 2 N–H and O–H groups in total. The second-order valence-corrected chi connectivity index (χ2v) is 6.09. The van der Waals surface area contributed by atoms with Crippen LogP contribution in [0.1, 0.15) is 30.5 Å². The maximum absolute atomic E-state index is 12.9. The van der Waals surface area contributed by atoms with Crippen LogP contribution in [-0.2, 0) is 11.2 Å². The minimum absolute atomic E-state index is 0.311. The van der Waals surface area contributed by atoms with Crippen LogP contribution in [0.4, 0.5) is 10.5 Å². The van der Waals surface area contributed by atoms with Gasteiger partial charge in [0.25, 0.3) is 5.91 Å². The normalized spacial score (nSPS) is 14.4. The van der Waals surface area contributed by atoms with E-state index in [1.54, 1.807) is 0 Å². The molecule has 0 radical (unpaired) electrons. The van der Waals surface area contributed by atoms with Crippen LogP contribution in [-0.4, -0.2) is 25.0 Å². The van der Waals surface area contributed by atoms with Crippen molar-refractivity contribution in [1.82, 2.24) is 10.6 Å². The Bertz CT molecular complexity index is 746. The number of aryl methyl sites for hydroxylation is 1. The molecular weight excluding hydrogens is 314 g/mol. The molecule has 0 saturated carbocycles. The zero-order chi connectivity index (χ0) is 17.6. The first kappa shape index (κ1) is 17.0. The number of rotatable bonds is 4. The third-order valence-electron chi connectivity index (χ3n) is 4.40. The Hall–Kier alpha value is -2.82. The fourth-order valence-corrected chi connectivity index (χ4v) is 3.32. The van der Waals surface area contributed by atoms with Crippen molar-refractivity contribution in [1.29, 1.82) is 0 Å². The minimum Gasteiger partial charge on any atom is -0.356 e. The van der Waals surface area contributed by atoms with Crippen LogP contribution in [0.2, 0.25) is 0 Å². The summed E-state index contributed by atoms with van der Waals surface area (Å²) in [4.78, 5) is 26.9. The van der Waals surface area contributed by atoms with E-state index in [-0.39, 0.29) is 5.91 Å². The van der Waals surface area contributed by atoms with Crippen LogP contribution >= 0.6 is 0 Å². The number of benzene rings is 2. The van der Waals surface area contributed by atoms with Gasteiger partial charge in [0.2, 0.25) is 0 Å². The Kier molecular flexibility index (Phi) is 5.33. The van der Waals surface area contributed by atoms with Gasteiger partial charge in [0, 0.05) is 18.8 Å². The summed E-state index contributed by atoms with van der Waals surface area (Å²) in [7, 11) is 0. The monoisotopic (exact) mass is 337 g/mol. The van der Waals surface area contributed by atoms with Crippen LogP contribution in [0.3, 0.4) is 0 Å². The number of nitrogens with zero attached hydrogens (tertiary/aromatic N) is 1. The van der Waals surface area contributed by atoms with Gasteiger partial charge in [-0.05, 0) is 37.0 Å². The molecule has 5 heteroatoms. The van der Waals surface area contributed by atoms with Crippen molar-refractivity contribution in [3.8, 4) is 0 Å². The predicted octanol–water partition coefficient (Wildman–Crippen LogP) is 3.03. The summed E-state index contributed by atoms with van der Waals surface area (Å²) in [6.45, 7) is 3.07. The molecule has 0 aromatic heterocycles. The highest BCUT2D eigenvalue weighted by molar-refractivity contribution is 5.99. The van der Waals surface area contributed by atoms with E-state index in [0.717, 1.165) is 30.6 Å². The standard InChI is InChI=1S/C20H23N3O2/c1-2-21-20(25)22-19(24)18(16-10-4-3-5-11-16)23-14-8-12-15-9-6-7-13-17(15)23/h3-7,9-11,13,18H,2,8,12,14H2,1H3,(H2,21,22,24,25). The number of anilines is 1. The van der Waals surface area contributed by atoms with E-state index in [9.17, 15) is 9.59 Å². The average Bonchev–Trinajstić information content (AvgIpc) is 2.63. The second-order valence-electron chi connectivity index (χ2n) is 6.09. The molecule has 130 valence electrons. The quantitative estimate of drug-likeness (QED) is 0.901. The lowest BCUT2D eigenvalue weighted by Crippen LogP contribution is -2.47. The van der Waals surface area contributed by atoms with Gasteiger partial charge in [0.15, 0.2) is 0 Å². The molecule has 1 unspecified atom stereocenters. The molecule has 5 nitrogen and oxygen atoms in total. The molecule has 3 amide bonds. The van der Waals surface area contributed by atoms with E-state index in [4.69, 9.17) is 0 Å². The number of nitrogens with one attached hydrogen (secondary N) is 2. The summed E-state index contributed by atoms with van der Waals surface area (Å²) in [6.07, 6.45) is 1.99. The number of amides is 3. The molecule has 25 heavy (non-hydrogen) atoms. The van der Waals surface area contributed by atoms with Gasteiger partial charge in [-0.25, -0.2) is 4.79 Å². The van der Waals surface area contributed by atoms with E-state index in [2.05, 4.69) is 21.6 Å². The Morgan fingerprint density at radius 1 is 1.08 bits per heavy atom. The lowest BCUT2D eigenvalue weighted by atomic mass is 9.96. The maximum atomic E-state index is 12.9. The average molecular weight is 337 g/mol. The second kappa shape index (κ2) is 7.83. The van der Waals surface area contributed by atoms with Crippen molar-refractivity contribution >= 4 is 17.6 Å². The molecule has 0 fully saturated rings. The largest absolute Gasteiger partial charge is 0.356 e. The molecule has 1 aliphatic rings. The van der Waals surface area contributed by atoms with Gasteiger partial charge in [-0.1, -0.05) is 48.5 Å². The third kappa shape index (κ3) is 3.82. The maximum Gasteiger partial charge on any atom is 0.321 e. The van der Waals surface area contributed by atoms with Crippen LogP contribution < -0.4 is 15.5 Å². The third-order valence-corrected chi connectivity index (χ3v) is 4.40. The van der Waals surface area contributed by atoms with Crippen molar-refractivity contribution in [3.05, 3.63) is 65.7 Å². The Morgan fingerprint density at radius 3 is 2.56 bits per heavy atom. The minimum atomic E-state index is -0.537. The number of hydrogen-bond donors (Lipinski definition) is 2. The number of urea groups is 1. The summed E-state index contributed by atoms with van der Waals surface area (Å²) in [5.74, 6) is -0.311. The van der Waals surface area contributed by atoms with Crippen LogP contribution in [0.5, 0.6) is 0 Å². The molecule has 3 rings (SSSR count). The van der Waals surface area contributed by atoms with Crippen molar-refractivity contribution in [2.45, 2.75) is 25.8 Å². The van der Waals surface area contributed by atoms with Crippen LogP contribution in [0.25, 0.3) is 0 Å². The number of para-hydroxylation sites is 1. The van der Waals surface area contributed by atoms with E-state index in [0.29, 0.717) is 6.54 Å². The number of hydrogen-bond acceptors (Lipinski definition) is 3. The van der Waals surface area contributed by atoms with E-state index >= 15 is 0 Å². The first-order valence-electron chi connectivity index (χ1n) is 8.69. The van der Waals surface area contributed by atoms with Crippen molar-refractivity contribution in [2.75, 3.05) is 18.0 Å². The Morgan fingerprint density at radius 2 is 1.80 bits per heavy atom. The zero-order valence-electron chi connectivity index (χ0n) is 14.4. The molecule has 0 aliphatic carbocycles. The van der Waals surface area contributed by atoms with Crippen molar-refractivity contribution in [2.24, 2.45) is 0 Å². The topological polar surface area (TPSA) is 61.4 Å². The number of imide groups is 1. The van der Waals surface area contributed by atoms with Gasteiger partial charge in [-0.15, -0.1) is 0 Å². The van der Waals surface area contributed by atoms with Gasteiger partial charge < -0.3 is 10.2 Å². The molecule has 2 aromatic carbocycles. The first-order valence-corrected chi connectivity index (χ1v) is 8.69. The molecule has 0 spiro atoms. The Balaban J connectivity index is 1.95.